The lowest BCUT2D eigenvalue weighted by Gasteiger charge is -2.40. The van der Waals surface area contributed by atoms with Crippen molar-refractivity contribution in [3.05, 3.63) is 81.4 Å². The fourth-order valence-corrected chi connectivity index (χ4v) is 5.29. The number of piperidine rings is 1. The van der Waals surface area contributed by atoms with E-state index in [0.717, 1.165) is 25.9 Å². The molecule has 2 aliphatic heterocycles. The van der Waals surface area contributed by atoms with Crippen LogP contribution < -0.4 is 0 Å². The molecule has 9 heteroatoms. The minimum Gasteiger partial charge on any atom is -0.481 e. The second-order valence-corrected chi connectivity index (χ2v) is 9.19. The average Bonchev–Trinajstić information content (AvgIpc) is 2.84. The number of nitrogens with zero attached hydrogens (tertiary/aromatic N) is 3. The molecule has 2 aromatic rings. The minimum absolute atomic E-state index is 0.000560. The summed E-state index contributed by atoms with van der Waals surface area (Å²) in [7, 11) is 0. The van der Waals surface area contributed by atoms with Gasteiger partial charge in [0.15, 0.2) is 0 Å². The van der Waals surface area contributed by atoms with Crippen LogP contribution in [-0.2, 0) is 16.1 Å². The van der Waals surface area contributed by atoms with E-state index in [1.54, 1.807) is 0 Å². The summed E-state index contributed by atoms with van der Waals surface area (Å²) in [6.07, 6.45) is 3.08. The number of hydrogen-bond donors (Lipinski definition) is 2. The largest absolute Gasteiger partial charge is 0.481 e. The van der Waals surface area contributed by atoms with Crippen LogP contribution in [0.2, 0.25) is 0 Å². The molecule has 0 radical (unpaired) electrons. The van der Waals surface area contributed by atoms with E-state index in [9.17, 15) is 29.9 Å². The number of benzene rings is 2. The van der Waals surface area contributed by atoms with E-state index in [1.807, 2.05) is 18.2 Å². The summed E-state index contributed by atoms with van der Waals surface area (Å²) in [5, 5.41) is 31.7. The van der Waals surface area contributed by atoms with E-state index in [0.29, 0.717) is 6.54 Å². The Bertz CT molecular complexity index is 1190. The van der Waals surface area contributed by atoms with E-state index >= 15 is 0 Å². The fourth-order valence-electron chi connectivity index (χ4n) is 5.29. The predicted molar refractivity (Wildman–Crippen MR) is 130 cm³/mol. The van der Waals surface area contributed by atoms with Crippen LogP contribution in [0.5, 0.6) is 0 Å². The van der Waals surface area contributed by atoms with E-state index in [2.05, 4.69) is 22.0 Å². The monoisotopic (exact) mass is 477 g/mol. The molecule has 2 heterocycles. The molecule has 0 aromatic heterocycles. The smallest absolute Gasteiger partial charge is 0.337 e. The lowest BCUT2D eigenvalue weighted by Crippen LogP contribution is -2.44. The molecule has 0 amide bonds. The molecule has 1 fully saturated rings. The molecule has 9 nitrogen and oxygen atoms in total. The quantitative estimate of drug-likeness (QED) is 0.435. The van der Waals surface area contributed by atoms with E-state index in [4.69, 9.17) is 0 Å². The van der Waals surface area contributed by atoms with Gasteiger partial charge >= 0.3 is 11.9 Å². The Morgan fingerprint density at radius 2 is 1.91 bits per heavy atom. The summed E-state index contributed by atoms with van der Waals surface area (Å²) in [4.78, 5) is 42.2. The predicted octanol–water partition coefficient (Wildman–Crippen LogP) is 3.89. The molecular formula is C26H27N3O6. The highest BCUT2D eigenvalue weighted by Gasteiger charge is 2.48. The first-order valence-electron chi connectivity index (χ1n) is 11.5. The SMILES string of the molecule is O=C(O)C1=C(c2cccc([N+](=O)[O-])c2)C(CC2CCCN(Cc3ccccc3)C2)(C(=O)O)CN=C1. The third kappa shape index (κ3) is 5.14. The van der Waals surface area contributed by atoms with Crippen molar-refractivity contribution in [1.29, 1.82) is 0 Å². The number of carboxylic acid groups (broad SMARTS) is 2. The molecule has 2 aromatic carbocycles. The van der Waals surface area contributed by atoms with Crippen LogP contribution in [0.1, 0.15) is 30.4 Å². The van der Waals surface area contributed by atoms with Gasteiger partial charge < -0.3 is 10.2 Å². The van der Waals surface area contributed by atoms with Gasteiger partial charge in [-0.2, -0.15) is 0 Å². The van der Waals surface area contributed by atoms with E-state index in [1.165, 1.54) is 36.0 Å². The number of nitro benzene ring substituents is 1. The standard InChI is InChI=1S/C26H27N3O6/c30-24(31)22-14-27-17-26(25(32)33,23(22)20-9-4-10-21(12-20)29(34)35)13-19-8-5-11-28(16-19)15-18-6-2-1-3-7-18/h1-4,6-7,9-10,12,14,19H,5,8,11,13,15-17H2,(H,30,31)(H,32,33). The Morgan fingerprint density at radius 3 is 2.60 bits per heavy atom. The van der Waals surface area contributed by atoms with Gasteiger partial charge in [0.2, 0.25) is 0 Å². The highest BCUT2D eigenvalue weighted by Crippen LogP contribution is 2.46. The highest BCUT2D eigenvalue weighted by atomic mass is 16.6. The van der Waals surface area contributed by atoms with Crippen molar-refractivity contribution in [2.45, 2.75) is 25.8 Å². The van der Waals surface area contributed by atoms with Crippen molar-refractivity contribution in [1.82, 2.24) is 4.90 Å². The van der Waals surface area contributed by atoms with Crippen molar-refractivity contribution in [2.75, 3.05) is 19.6 Å². The molecule has 2 N–H and O–H groups in total. The van der Waals surface area contributed by atoms with Crippen molar-refractivity contribution < 1.29 is 24.7 Å². The first kappa shape index (κ1) is 24.3. The van der Waals surface area contributed by atoms with Gasteiger partial charge in [0.1, 0.15) is 5.41 Å². The Hall–Kier alpha value is -3.85. The molecule has 2 aliphatic rings. The summed E-state index contributed by atoms with van der Waals surface area (Å²) in [5.41, 5.74) is -0.588. The topological polar surface area (TPSA) is 133 Å². The van der Waals surface area contributed by atoms with E-state index < -0.39 is 22.3 Å². The van der Waals surface area contributed by atoms with Crippen LogP contribution in [0.3, 0.4) is 0 Å². The summed E-state index contributed by atoms with van der Waals surface area (Å²) >= 11 is 0. The summed E-state index contributed by atoms with van der Waals surface area (Å²) < 4.78 is 0. The number of aliphatic imine (C=N–C) groups is 1. The van der Waals surface area contributed by atoms with Crippen LogP contribution in [0.4, 0.5) is 5.69 Å². The van der Waals surface area contributed by atoms with E-state index in [-0.39, 0.29) is 41.3 Å². The third-order valence-corrected chi connectivity index (χ3v) is 6.80. The maximum Gasteiger partial charge on any atom is 0.337 e. The van der Waals surface area contributed by atoms with Crippen molar-refractivity contribution >= 4 is 29.4 Å². The number of likely N-dealkylation sites (tertiary alicyclic amines) is 1. The molecule has 35 heavy (non-hydrogen) atoms. The summed E-state index contributed by atoms with van der Waals surface area (Å²) in [6, 6.07) is 15.6. The molecule has 4 rings (SSSR count). The lowest BCUT2D eigenvalue weighted by atomic mass is 9.67. The number of carbonyl (C=O) groups is 2. The molecule has 2 atom stereocenters. The molecule has 0 bridgehead atoms. The number of dihydropyridines is 1. The maximum absolute atomic E-state index is 12.8. The number of nitro groups is 1. The van der Waals surface area contributed by atoms with Crippen LogP contribution in [0.25, 0.3) is 5.57 Å². The number of carboxylic acids is 2. The first-order chi connectivity index (χ1) is 16.8. The molecule has 182 valence electrons. The van der Waals surface area contributed by atoms with Gasteiger partial charge in [-0.3, -0.25) is 24.8 Å². The Morgan fingerprint density at radius 1 is 1.14 bits per heavy atom. The zero-order valence-electron chi connectivity index (χ0n) is 19.2. The van der Waals surface area contributed by atoms with Gasteiger partial charge in [-0.05, 0) is 48.4 Å². The molecule has 0 spiro atoms. The van der Waals surface area contributed by atoms with Gasteiger partial charge in [-0.1, -0.05) is 42.5 Å². The van der Waals surface area contributed by atoms with Gasteiger partial charge in [0.25, 0.3) is 5.69 Å². The first-order valence-corrected chi connectivity index (χ1v) is 11.5. The minimum atomic E-state index is -1.60. The number of aliphatic carboxylic acids is 2. The number of non-ortho nitro benzene ring substituents is 1. The van der Waals surface area contributed by atoms with Gasteiger partial charge in [-0.15, -0.1) is 0 Å². The molecule has 1 saturated heterocycles. The Labute approximate surface area is 202 Å². The van der Waals surface area contributed by atoms with Crippen LogP contribution >= 0.6 is 0 Å². The normalized spacial score (nSPS) is 22.7. The Kier molecular flexibility index (Phi) is 7.07. The van der Waals surface area contributed by atoms with Crippen LogP contribution in [0, 0.1) is 21.4 Å². The van der Waals surface area contributed by atoms with Crippen LogP contribution in [-0.4, -0.2) is 57.8 Å². The molecular weight excluding hydrogens is 450 g/mol. The second-order valence-electron chi connectivity index (χ2n) is 9.19. The number of rotatable bonds is 8. The summed E-state index contributed by atoms with van der Waals surface area (Å²) in [5.74, 6) is -2.48. The lowest BCUT2D eigenvalue weighted by molar-refractivity contribution is -0.384. The van der Waals surface area contributed by atoms with Crippen molar-refractivity contribution in [3.8, 4) is 0 Å². The summed E-state index contributed by atoms with van der Waals surface area (Å²) in [6.45, 7) is 2.21. The maximum atomic E-state index is 12.8. The molecule has 0 aliphatic carbocycles. The average molecular weight is 478 g/mol. The molecule has 2 unspecified atom stereocenters. The third-order valence-electron chi connectivity index (χ3n) is 6.80. The van der Waals surface area contributed by atoms with Gasteiger partial charge in [0, 0.05) is 31.4 Å². The Balaban J connectivity index is 1.70. The fraction of sp³-hybridized carbons (Fsp3) is 0.346. The highest BCUT2D eigenvalue weighted by molar-refractivity contribution is 6.19. The second kappa shape index (κ2) is 10.2. The van der Waals surface area contributed by atoms with Gasteiger partial charge in [-0.25, -0.2) is 4.79 Å². The van der Waals surface area contributed by atoms with Crippen molar-refractivity contribution in [2.24, 2.45) is 16.3 Å². The van der Waals surface area contributed by atoms with Gasteiger partial charge in [0.05, 0.1) is 17.0 Å². The zero-order chi connectivity index (χ0) is 25.0. The molecule has 0 saturated carbocycles. The number of hydrogen-bond acceptors (Lipinski definition) is 6. The van der Waals surface area contributed by atoms with Crippen molar-refractivity contribution in [3.63, 3.8) is 0 Å². The van der Waals surface area contributed by atoms with Crippen LogP contribution in [0.15, 0.2) is 65.2 Å². The zero-order valence-corrected chi connectivity index (χ0v) is 19.2.